The molecule has 0 radical (unpaired) electrons. The van der Waals surface area contributed by atoms with E-state index in [1.54, 1.807) is 0 Å². The van der Waals surface area contributed by atoms with Gasteiger partial charge in [0.15, 0.2) is 0 Å². The Morgan fingerprint density at radius 3 is 1.91 bits per heavy atom. The minimum atomic E-state index is -1.55. The predicted molar refractivity (Wildman–Crippen MR) is 33.6 cm³/mol. The Morgan fingerprint density at radius 2 is 1.82 bits per heavy atom. The lowest BCUT2D eigenvalue weighted by atomic mass is 10.0. The molecule has 0 amide bonds. The fourth-order valence-electron chi connectivity index (χ4n) is 0.441. The standard InChI is InChI=1S/C6H6O5/c1-3(5(8)9)4(2-7)6(10)11/h3H,1H3,(H,8,9)(H,10,11). The Labute approximate surface area is 61.9 Å². The Bertz CT molecular complexity index is 235. The van der Waals surface area contributed by atoms with Crippen molar-refractivity contribution in [3.05, 3.63) is 5.57 Å². The van der Waals surface area contributed by atoms with E-state index in [-0.39, 0.29) is 0 Å². The first-order valence-electron chi connectivity index (χ1n) is 2.71. The van der Waals surface area contributed by atoms with Crippen molar-refractivity contribution >= 4 is 17.9 Å². The van der Waals surface area contributed by atoms with Gasteiger partial charge in [0.05, 0.1) is 5.92 Å². The highest BCUT2D eigenvalue weighted by Crippen LogP contribution is 2.06. The molecule has 0 aromatic heterocycles. The van der Waals surface area contributed by atoms with Crippen molar-refractivity contribution in [3.63, 3.8) is 0 Å². The van der Waals surface area contributed by atoms with Gasteiger partial charge in [-0.2, -0.15) is 0 Å². The fourth-order valence-corrected chi connectivity index (χ4v) is 0.441. The molecule has 60 valence electrons. The summed E-state index contributed by atoms with van der Waals surface area (Å²) in [5.74, 6) is -3.15. The van der Waals surface area contributed by atoms with Crippen LogP contribution < -0.4 is 0 Å². The summed E-state index contributed by atoms with van der Waals surface area (Å²) in [7, 11) is 0. The van der Waals surface area contributed by atoms with Crippen molar-refractivity contribution in [2.75, 3.05) is 0 Å². The van der Waals surface area contributed by atoms with Crippen molar-refractivity contribution in [2.24, 2.45) is 5.92 Å². The highest BCUT2D eigenvalue weighted by atomic mass is 16.4. The lowest BCUT2D eigenvalue weighted by Crippen LogP contribution is -2.18. The third-order valence-electron chi connectivity index (χ3n) is 1.14. The highest BCUT2D eigenvalue weighted by Gasteiger charge is 2.23. The Morgan fingerprint density at radius 1 is 1.36 bits per heavy atom. The van der Waals surface area contributed by atoms with Gasteiger partial charge in [0, 0.05) is 0 Å². The molecule has 0 aromatic carbocycles. The zero-order valence-electron chi connectivity index (χ0n) is 5.70. The van der Waals surface area contributed by atoms with Gasteiger partial charge in [-0.05, 0) is 6.92 Å². The predicted octanol–water partition coefficient (Wildman–Crippen LogP) is -0.450. The lowest BCUT2D eigenvalue weighted by molar-refractivity contribution is -0.143. The molecule has 0 aliphatic carbocycles. The van der Waals surface area contributed by atoms with E-state index in [0.29, 0.717) is 0 Å². The van der Waals surface area contributed by atoms with Crippen LogP contribution in [0.5, 0.6) is 0 Å². The monoisotopic (exact) mass is 158 g/mol. The van der Waals surface area contributed by atoms with Gasteiger partial charge >= 0.3 is 11.9 Å². The maximum atomic E-state index is 10.1. The molecule has 0 fully saturated rings. The molecule has 0 rings (SSSR count). The third-order valence-corrected chi connectivity index (χ3v) is 1.14. The van der Waals surface area contributed by atoms with Gasteiger partial charge in [-0.1, -0.05) is 0 Å². The molecule has 0 saturated carbocycles. The van der Waals surface area contributed by atoms with Gasteiger partial charge in [-0.15, -0.1) is 0 Å². The van der Waals surface area contributed by atoms with Crippen LogP contribution in [-0.4, -0.2) is 28.1 Å². The van der Waals surface area contributed by atoms with Gasteiger partial charge in [0.2, 0.25) is 0 Å². The minimum absolute atomic E-state index is 0.766. The smallest absolute Gasteiger partial charge is 0.343 e. The molecule has 0 saturated heterocycles. The zero-order chi connectivity index (χ0) is 9.02. The largest absolute Gasteiger partial charge is 0.481 e. The maximum Gasteiger partial charge on any atom is 0.343 e. The van der Waals surface area contributed by atoms with E-state index in [4.69, 9.17) is 10.2 Å². The normalized spacial score (nSPS) is 11.4. The van der Waals surface area contributed by atoms with Gasteiger partial charge < -0.3 is 10.2 Å². The van der Waals surface area contributed by atoms with Crippen LogP contribution in [0.25, 0.3) is 0 Å². The van der Waals surface area contributed by atoms with Gasteiger partial charge in [0.25, 0.3) is 0 Å². The quantitative estimate of drug-likeness (QED) is 0.428. The maximum absolute atomic E-state index is 10.1. The van der Waals surface area contributed by atoms with E-state index in [0.717, 1.165) is 12.9 Å². The summed E-state index contributed by atoms with van der Waals surface area (Å²) in [5, 5.41) is 16.5. The van der Waals surface area contributed by atoms with Crippen molar-refractivity contribution in [1.82, 2.24) is 0 Å². The second kappa shape index (κ2) is 3.53. The number of hydrogen-bond donors (Lipinski definition) is 2. The Hall–Kier alpha value is -1.61. The zero-order valence-corrected chi connectivity index (χ0v) is 5.70. The van der Waals surface area contributed by atoms with Gasteiger partial charge in [-0.25, -0.2) is 9.59 Å². The first-order valence-corrected chi connectivity index (χ1v) is 2.71. The van der Waals surface area contributed by atoms with Crippen molar-refractivity contribution in [1.29, 1.82) is 0 Å². The summed E-state index contributed by atoms with van der Waals surface area (Å²) in [5.41, 5.74) is -0.766. The van der Waals surface area contributed by atoms with E-state index in [1.165, 1.54) is 0 Å². The Balaban J connectivity index is 4.68. The Kier molecular flexibility index (Phi) is 3.01. The second-order valence-corrected chi connectivity index (χ2v) is 1.88. The first kappa shape index (κ1) is 9.39. The molecule has 0 aliphatic rings. The molecule has 1 unspecified atom stereocenters. The molecule has 0 spiro atoms. The summed E-state index contributed by atoms with van der Waals surface area (Å²) < 4.78 is 0. The van der Waals surface area contributed by atoms with Crippen LogP contribution in [0.1, 0.15) is 6.92 Å². The number of aliphatic carboxylic acids is 2. The lowest BCUT2D eigenvalue weighted by Gasteiger charge is -2.00. The number of carboxylic acid groups (broad SMARTS) is 2. The highest BCUT2D eigenvalue weighted by molar-refractivity contribution is 6.00. The van der Waals surface area contributed by atoms with Crippen LogP contribution in [0.15, 0.2) is 5.57 Å². The average Bonchev–Trinajstić information content (AvgIpc) is 1.88. The van der Waals surface area contributed by atoms with Crippen LogP contribution in [0.3, 0.4) is 0 Å². The second-order valence-electron chi connectivity index (χ2n) is 1.88. The van der Waals surface area contributed by atoms with Crippen LogP contribution >= 0.6 is 0 Å². The number of hydrogen-bond acceptors (Lipinski definition) is 3. The number of rotatable bonds is 3. The average molecular weight is 158 g/mol. The van der Waals surface area contributed by atoms with E-state index in [9.17, 15) is 14.4 Å². The summed E-state index contributed by atoms with van der Waals surface area (Å²) in [6.07, 6.45) is 0. The minimum Gasteiger partial charge on any atom is -0.481 e. The first-order chi connectivity index (χ1) is 5.00. The molecule has 0 bridgehead atoms. The van der Waals surface area contributed by atoms with Gasteiger partial charge in [0.1, 0.15) is 11.5 Å². The third kappa shape index (κ3) is 2.23. The molecule has 5 heteroatoms. The molecule has 2 N–H and O–H groups in total. The molecular weight excluding hydrogens is 152 g/mol. The van der Waals surface area contributed by atoms with Crippen LogP contribution in [-0.2, 0) is 14.4 Å². The van der Waals surface area contributed by atoms with Crippen LogP contribution in [0.4, 0.5) is 0 Å². The molecular formula is C6H6O5. The molecule has 0 heterocycles. The summed E-state index contributed by atoms with van der Waals surface area (Å²) in [4.78, 5) is 30.1. The number of carboxylic acids is 2. The summed E-state index contributed by atoms with van der Waals surface area (Å²) in [6, 6.07) is 0. The topological polar surface area (TPSA) is 91.7 Å². The van der Waals surface area contributed by atoms with E-state index < -0.39 is 23.4 Å². The summed E-state index contributed by atoms with van der Waals surface area (Å²) >= 11 is 0. The van der Waals surface area contributed by atoms with Crippen LogP contribution in [0.2, 0.25) is 0 Å². The number of carbonyl (C=O) groups excluding carboxylic acids is 1. The molecule has 11 heavy (non-hydrogen) atoms. The van der Waals surface area contributed by atoms with Gasteiger partial charge in [-0.3, -0.25) is 4.79 Å². The van der Waals surface area contributed by atoms with E-state index in [1.807, 2.05) is 0 Å². The molecule has 0 aliphatic heterocycles. The van der Waals surface area contributed by atoms with E-state index >= 15 is 0 Å². The van der Waals surface area contributed by atoms with E-state index in [2.05, 4.69) is 0 Å². The van der Waals surface area contributed by atoms with Crippen molar-refractivity contribution in [2.45, 2.75) is 6.92 Å². The van der Waals surface area contributed by atoms with Crippen molar-refractivity contribution < 1.29 is 24.6 Å². The van der Waals surface area contributed by atoms with Crippen molar-refractivity contribution in [3.8, 4) is 0 Å². The molecule has 1 atom stereocenters. The van der Waals surface area contributed by atoms with Crippen LogP contribution in [0, 0.1) is 5.92 Å². The SMILES string of the molecule is CC(C(=O)O)C(=C=O)C(=O)O. The fraction of sp³-hybridized carbons (Fsp3) is 0.333. The number of carbonyl (C=O) groups is 2. The molecule has 0 aromatic rings. The summed E-state index contributed by atoms with van der Waals surface area (Å²) in [6.45, 7) is 1.11. The molecule has 5 nitrogen and oxygen atoms in total.